The van der Waals surface area contributed by atoms with Gasteiger partial charge in [0.05, 0.1) is 25.4 Å². The molecule has 41 heavy (non-hydrogen) atoms. The van der Waals surface area contributed by atoms with Crippen molar-refractivity contribution in [1.82, 2.24) is 14.5 Å². The van der Waals surface area contributed by atoms with Crippen molar-refractivity contribution < 1.29 is 32.2 Å². The van der Waals surface area contributed by atoms with Crippen molar-refractivity contribution in [3.05, 3.63) is 106 Å². The Kier molecular flexibility index (Phi) is 7.30. The summed E-state index contributed by atoms with van der Waals surface area (Å²) in [5.41, 5.74) is -0.571. The van der Waals surface area contributed by atoms with Crippen LogP contribution in [-0.4, -0.2) is 34.7 Å². The lowest BCUT2D eigenvalue weighted by atomic mass is 10.2. The summed E-state index contributed by atoms with van der Waals surface area (Å²) >= 11 is 0. The lowest BCUT2D eigenvalue weighted by molar-refractivity contribution is 0.102. The molecule has 0 aliphatic heterocycles. The molecule has 0 atom stereocenters. The molecular formula is C29H21F3N4O5. The number of fused-ring (bicyclic) bond motifs is 1. The number of nitrogens with one attached hydrogen (secondary N) is 1. The molecule has 0 spiro atoms. The van der Waals surface area contributed by atoms with Gasteiger partial charge in [-0.3, -0.25) is 19.1 Å². The van der Waals surface area contributed by atoms with Gasteiger partial charge in [0.15, 0.2) is 23.1 Å². The summed E-state index contributed by atoms with van der Waals surface area (Å²) in [6.07, 6.45) is 1.46. The molecule has 9 nitrogen and oxygen atoms in total. The van der Waals surface area contributed by atoms with E-state index in [-0.39, 0.29) is 34.4 Å². The Labute approximate surface area is 230 Å². The number of nitrogens with zero attached hydrogens (tertiary/aromatic N) is 3. The molecule has 1 amide bonds. The van der Waals surface area contributed by atoms with Gasteiger partial charge in [0, 0.05) is 35.8 Å². The van der Waals surface area contributed by atoms with Gasteiger partial charge in [-0.05, 0) is 49.4 Å². The zero-order valence-electron chi connectivity index (χ0n) is 21.9. The molecule has 0 aliphatic carbocycles. The Balaban J connectivity index is 1.42. The molecule has 12 heteroatoms. The smallest absolute Gasteiger partial charge is 0.268 e. The Morgan fingerprint density at radius 3 is 2.32 bits per heavy atom. The van der Waals surface area contributed by atoms with Crippen molar-refractivity contribution in [2.45, 2.75) is 6.92 Å². The van der Waals surface area contributed by atoms with Gasteiger partial charge in [0.2, 0.25) is 0 Å². The Bertz CT molecular complexity index is 1860. The maximum absolute atomic E-state index is 15.1. The van der Waals surface area contributed by atoms with Crippen LogP contribution in [0.1, 0.15) is 16.1 Å². The fourth-order valence-electron chi connectivity index (χ4n) is 4.10. The van der Waals surface area contributed by atoms with Gasteiger partial charge in [0.25, 0.3) is 17.3 Å². The zero-order valence-corrected chi connectivity index (χ0v) is 21.9. The minimum Gasteiger partial charge on any atom is -0.491 e. The summed E-state index contributed by atoms with van der Waals surface area (Å²) in [6, 6.07) is 12.3. The maximum Gasteiger partial charge on any atom is 0.268 e. The third kappa shape index (κ3) is 5.26. The van der Waals surface area contributed by atoms with Crippen LogP contribution in [0.25, 0.3) is 16.7 Å². The number of anilines is 1. The molecule has 0 aliphatic rings. The fraction of sp³-hybridized carbons (Fsp3) is 0.103. The molecule has 0 fully saturated rings. The van der Waals surface area contributed by atoms with E-state index < -0.39 is 34.5 Å². The van der Waals surface area contributed by atoms with Crippen molar-refractivity contribution in [1.29, 1.82) is 0 Å². The van der Waals surface area contributed by atoms with Crippen LogP contribution >= 0.6 is 0 Å². The van der Waals surface area contributed by atoms with Gasteiger partial charge in [-0.1, -0.05) is 0 Å². The number of hydrogen-bond donors (Lipinski definition) is 1. The van der Waals surface area contributed by atoms with Gasteiger partial charge in [-0.15, -0.1) is 0 Å². The number of halogens is 3. The predicted molar refractivity (Wildman–Crippen MR) is 144 cm³/mol. The molecule has 3 heterocycles. The SMILES string of the molecule is COc1cc2nccc(Oc3ccc(NC(=O)c4cc(F)c(C)n(-c5ccc(F)cc5)c4=O)cc3F)c2nc1OC. The van der Waals surface area contributed by atoms with Crippen molar-refractivity contribution in [3.8, 4) is 28.8 Å². The van der Waals surface area contributed by atoms with Gasteiger partial charge >= 0.3 is 0 Å². The summed E-state index contributed by atoms with van der Waals surface area (Å²) in [5.74, 6) is -2.65. The second-order valence-corrected chi connectivity index (χ2v) is 8.69. The normalized spacial score (nSPS) is 10.9. The van der Waals surface area contributed by atoms with Crippen molar-refractivity contribution >= 4 is 22.6 Å². The second-order valence-electron chi connectivity index (χ2n) is 8.69. The molecular weight excluding hydrogens is 541 g/mol. The van der Waals surface area contributed by atoms with E-state index in [1.54, 1.807) is 6.07 Å². The van der Waals surface area contributed by atoms with Crippen LogP contribution in [0.3, 0.4) is 0 Å². The molecule has 208 valence electrons. The summed E-state index contributed by atoms with van der Waals surface area (Å²) in [4.78, 5) is 34.6. The minimum atomic E-state index is -0.969. The predicted octanol–water partition coefficient (Wildman–Crippen LogP) is 5.57. The molecule has 0 bridgehead atoms. The number of carbonyl (C=O) groups excluding carboxylic acids is 1. The van der Waals surface area contributed by atoms with E-state index in [4.69, 9.17) is 14.2 Å². The maximum atomic E-state index is 15.1. The topological polar surface area (TPSA) is 105 Å². The molecule has 3 aromatic heterocycles. The number of benzene rings is 2. The minimum absolute atomic E-state index is 0.0160. The van der Waals surface area contributed by atoms with Gasteiger partial charge in [-0.25, -0.2) is 18.2 Å². The molecule has 0 saturated carbocycles. The Morgan fingerprint density at radius 2 is 1.63 bits per heavy atom. The number of carbonyl (C=O) groups is 1. The number of amides is 1. The molecule has 0 radical (unpaired) electrons. The summed E-state index contributed by atoms with van der Waals surface area (Å²) in [7, 11) is 2.88. The number of hydrogen-bond acceptors (Lipinski definition) is 7. The summed E-state index contributed by atoms with van der Waals surface area (Å²) in [5, 5.41) is 2.40. The first-order chi connectivity index (χ1) is 19.7. The van der Waals surface area contributed by atoms with Gasteiger partial charge in [-0.2, -0.15) is 0 Å². The van der Waals surface area contributed by atoms with Crippen molar-refractivity contribution in [2.24, 2.45) is 0 Å². The highest BCUT2D eigenvalue weighted by atomic mass is 19.1. The third-order valence-corrected chi connectivity index (χ3v) is 6.15. The average Bonchev–Trinajstić information content (AvgIpc) is 2.96. The number of ether oxygens (including phenoxy) is 3. The highest BCUT2D eigenvalue weighted by Gasteiger charge is 2.20. The van der Waals surface area contributed by atoms with E-state index >= 15 is 4.39 Å². The van der Waals surface area contributed by atoms with E-state index in [1.165, 1.54) is 57.7 Å². The highest BCUT2D eigenvalue weighted by Crippen LogP contribution is 2.35. The van der Waals surface area contributed by atoms with E-state index in [9.17, 15) is 18.4 Å². The first-order valence-electron chi connectivity index (χ1n) is 12.0. The second kappa shape index (κ2) is 11.0. The Hall–Kier alpha value is -5.39. The van der Waals surface area contributed by atoms with E-state index in [2.05, 4.69) is 15.3 Å². The van der Waals surface area contributed by atoms with Crippen LogP contribution in [0.15, 0.2) is 71.7 Å². The monoisotopic (exact) mass is 562 g/mol. The standard InChI is InChI=1S/C29H21F3N4O5/c1-15-20(31)13-19(29(38)36(15)18-7-4-16(30)5-8-18)27(37)34-17-6-9-23(21(32)12-17)41-24-10-11-33-22-14-25(39-2)28(40-3)35-26(22)24/h4-14H,1-3H3,(H,34,37). The van der Waals surface area contributed by atoms with Crippen molar-refractivity contribution in [3.63, 3.8) is 0 Å². The van der Waals surface area contributed by atoms with Crippen molar-refractivity contribution in [2.75, 3.05) is 19.5 Å². The molecule has 5 rings (SSSR count). The molecule has 5 aromatic rings. The molecule has 0 saturated heterocycles. The number of methoxy groups -OCH3 is 2. The van der Waals surface area contributed by atoms with Gasteiger partial charge < -0.3 is 19.5 Å². The first kappa shape index (κ1) is 27.2. The van der Waals surface area contributed by atoms with E-state index in [0.717, 1.165) is 28.8 Å². The Morgan fingerprint density at radius 1 is 0.878 bits per heavy atom. The number of rotatable bonds is 7. The fourth-order valence-corrected chi connectivity index (χ4v) is 4.10. The van der Waals surface area contributed by atoms with Gasteiger partial charge in [0.1, 0.15) is 22.7 Å². The van der Waals surface area contributed by atoms with Crippen LogP contribution in [0.2, 0.25) is 0 Å². The number of aromatic nitrogens is 3. The van der Waals surface area contributed by atoms with Crippen LogP contribution in [0.4, 0.5) is 18.9 Å². The molecule has 1 N–H and O–H groups in total. The number of pyridine rings is 3. The largest absolute Gasteiger partial charge is 0.491 e. The zero-order chi connectivity index (χ0) is 29.3. The van der Waals surface area contributed by atoms with Crippen LogP contribution in [-0.2, 0) is 0 Å². The summed E-state index contributed by atoms with van der Waals surface area (Å²) in [6.45, 7) is 1.35. The first-order valence-corrected chi connectivity index (χ1v) is 12.0. The molecule has 2 aromatic carbocycles. The van der Waals surface area contributed by atoms with Crippen LogP contribution in [0.5, 0.6) is 23.1 Å². The lowest BCUT2D eigenvalue weighted by Gasteiger charge is -2.14. The highest BCUT2D eigenvalue weighted by molar-refractivity contribution is 6.04. The lowest BCUT2D eigenvalue weighted by Crippen LogP contribution is -2.30. The van der Waals surface area contributed by atoms with Crippen LogP contribution < -0.4 is 25.1 Å². The molecule has 0 unspecified atom stereocenters. The van der Waals surface area contributed by atoms with Crippen LogP contribution in [0, 0.1) is 24.4 Å². The average molecular weight is 563 g/mol. The van der Waals surface area contributed by atoms with E-state index in [0.29, 0.717) is 16.8 Å². The quantitative estimate of drug-likeness (QED) is 0.277. The van der Waals surface area contributed by atoms with E-state index in [1.807, 2.05) is 0 Å². The summed E-state index contributed by atoms with van der Waals surface area (Å²) < 4.78 is 60.3. The third-order valence-electron chi connectivity index (χ3n) is 6.15.